The highest BCUT2D eigenvalue weighted by Gasteiger charge is 2.55. The predicted molar refractivity (Wildman–Crippen MR) is 74.2 cm³/mol. The van der Waals surface area contributed by atoms with Crippen LogP contribution in [-0.4, -0.2) is 25.3 Å². The van der Waals surface area contributed by atoms with Crippen LogP contribution in [0.25, 0.3) is 0 Å². The van der Waals surface area contributed by atoms with Crippen molar-refractivity contribution in [3.8, 4) is 0 Å². The summed E-state index contributed by atoms with van der Waals surface area (Å²) in [5.41, 5.74) is 0.220. The van der Waals surface area contributed by atoms with Gasteiger partial charge in [0.2, 0.25) is 0 Å². The van der Waals surface area contributed by atoms with Crippen LogP contribution < -0.4 is 10.6 Å². The quantitative estimate of drug-likeness (QED) is 0.902. The first kappa shape index (κ1) is 14.3. The van der Waals surface area contributed by atoms with E-state index in [2.05, 4.69) is 10.6 Å². The van der Waals surface area contributed by atoms with Gasteiger partial charge in [-0.05, 0) is 56.8 Å². The van der Waals surface area contributed by atoms with Crippen molar-refractivity contribution < 1.29 is 18.3 Å². The van der Waals surface area contributed by atoms with Gasteiger partial charge in [-0.3, -0.25) is 5.32 Å². The molecule has 0 spiro atoms. The van der Waals surface area contributed by atoms with Gasteiger partial charge in [0.1, 0.15) is 11.6 Å². The number of benzene rings is 1. The van der Waals surface area contributed by atoms with Crippen molar-refractivity contribution in [1.29, 1.82) is 0 Å². The Bertz CT molecular complexity index is 544. The van der Waals surface area contributed by atoms with Crippen LogP contribution in [0.4, 0.5) is 19.3 Å². The molecule has 1 saturated carbocycles. The largest absolute Gasteiger partial charge is 0.447 e. The van der Waals surface area contributed by atoms with E-state index in [-0.39, 0.29) is 23.3 Å². The Balaban J connectivity index is 1.75. The minimum Gasteiger partial charge on any atom is -0.447 e. The van der Waals surface area contributed by atoms with Gasteiger partial charge < -0.3 is 10.1 Å². The molecule has 1 saturated heterocycles. The molecule has 2 fully saturated rings. The minimum atomic E-state index is -0.718. The summed E-state index contributed by atoms with van der Waals surface area (Å²) >= 11 is 0. The highest BCUT2D eigenvalue weighted by atomic mass is 19.1. The summed E-state index contributed by atoms with van der Waals surface area (Å²) in [6.45, 7) is 5.03. The first-order valence-corrected chi connectivity index (χ1v) is 7.14. The summed E-state index contributed by atoms with van der Waals surface area (Å²) in [7, 11) is 0. The average molecular weight is 296 g/mol. The molecule has 21 heavy (non-hydrogen) atoms. The van der Waals surface area contributed by atoms with E-state index in [9.17, 15) is 13.6 Å². The number of carbonyl (C=O) groups excluding carboxylic acids is 1. The van der Waals surface area contributed by atoms with E-state index < -0.39 is 17.7 Å². The maximum atomic E-state index is 14.2. The second-order valence-electron chi connectivity index (χ2n) is 5.94. The van der Waals surface area contributed by atoms with Gasteiger partial charge in [0.05, 0.1) is 6.10 Å². The van der Waals surface area contributed by atoms with Gasteiger partial charge in [-0.1, -0.05) is 0 Å². The molecule has 3 atom stereocenters. The number of hydrogen-bond acceptors (Lipinski definition) is 3. The van der Waals surface area contributed by atoms with Gasteiger partial charge in [-0.25, -0.2) is 13.6 Å². The number of hydrogen-bond donors (Lipinski definition) is 2. The van der Waals surface area contributed by atoms with Crippen LogP contribution in [-0.2, 0) is 4.74 Å². The molecule has 1 aromatic carbocycles. The van der Waals surface area contributed by atoms with Gasteiger partial charge in [0, 0.05) is 11.3 Å². The summed E-state index contributed by atoms with van der Waals surface area (Å²) in [6, 6.07) is 2.31. The summed E-state index contributed by atoms with van der Waals surface area (Å²) in [5.74, 6) is -0.580. The van der Waals surface area contributed by atoms with Crippen molar-refractivity contribution in [3.05, 3.63) is 29.3 Å². The van der Waals surface area contributed by atoms with Crippen LogP contribution >= 0.6 is 0 Å². The summed E-state index contributed by atoms with van der Waals surface area (Å²) < 4.78 is 33.2. The summed E-state index contributed by atoms with van der Waals surface area (Å²) in [6.07, 6.45) is -1.01. The van der Waals surface area contributed by atoms with Crippen molar-refractivity contribution >= 4 is 11.8 Å². The SMILES string of the molecule is CC(C)OC(=O)Nc1cc(F)c(C2[C@H]3CNC[C@@H]23)c(F)c1. The Morgan fingerprint density at radius 3 is 2.38 bits per heavy atom. The molecule has 114 valence electrons. The zero-order chi connectivity index (χ0) is 15.1. The van der Waals surface area contributed by atoms with E-state index in [1.807, 2.05) is 0 Å². The zero-order valence-corrected chi connectivity index (χ0v) is 12.0. The van der Waals surface area contributed by atoms with Crippen molar-refractivity contribution in [3.63, 3.8) is 0 Å². The van der Waals surface area contributed by atoms with Gasteiger partial charge in [0.15, 0.2) is 0 Å². The molecule has 1 amide bonds. The molecule has 4 nitrogen and oxygen atoms in total. The first-order chi connectivity index (χ1) is 9.97. The molecule has 0 aromatic heterocycles. The van der Waals surface area contributed by atoms with E-state index in [1.54, 1.807) is 13.8 Å². The van der Waals surface area contributed by atoms with E-state index in [1.165, 1.54) is 0 Å². The smallest absolute Gasteiger partial charge is 0.411 e. The van der Waals surface area contributed by atoms with Crippen LogP contribution in [0.3, 0.4) is 0 Å². The van der Waals surface area contributed by atoms with Crippen molar-refractivity contribution in [2.75, 3.05) is 18.4 Å². The molecule has 6 heteroatoms. The van der Waals surface area contributed by atoms with E-state index in [4.69, 9.17) is 4.74 Å². The van der Waals surface area contributed by atoms with Crippen molar-refractivity contribution in [2.45, 2.75) is 25.9 Å². The lowest BCUT2D eigenvalue weighted by Gasteiger charge is -2.12. The number of halogens is 2. The van der Waals surface area contributed by atoms with Crippen molar-refractivity contribution in [1.82, 2.24) is 5.32 Å². The highest BCUT2D eigenvalue weighted by Crippen LogP contribution is 2.57. The van der Waals surface area contributed by atoms with Crippen LogP contribution in [0.15, 0.2) is 12.1 Å². The number of anilines is 1. The Labute approximate surface area is 121 Å². The van der Waals surface area contributed by atoms with Crippen LogP contribution in [0, 0.1) is 23.5 Å². The molecular formula is C15H18F2N2O2. The average Bonchev–Trinajstić information content (AvgIpc) is 2.80. The Hall–Kier alpha value is -1.69. The first-order valence-electron chi connectivity index (χ1n) is 7.14. The van der Waals surface area contributed by atoms with Crippen molar-refractivity contribution in [2.24, 2.45) is 11.8 Å². The molecule has 2 N–H and O–H groups in total. The summed E-state index contributed by atoms with van der Waals surface area (Å²) in [5, 5.41) is 5.54. The topological polar surface area (TPSA) is 50.4 Å². The lowest BCUT2D eigenvalue weighted by atomic mass is 10.0. The van der Waals surface area contributed by atoms with E-state index >= 15 is 0 Å². The molecule has 0 radical (unpaired) electrons. The van der Waals surface area contributed by atoms with Gasteiger partial charge >= 0.3 is 6.09 Å². The zero-order valence-electron chi connectivity index (χ0n) is 12.0. The molecule has 1 heterocycles. The number of ether oxygens (including phenoxy) is 1. The monoisotopic (exact) mass is 296 g/mol. The number of carbonyl (C=O) groups is 1. The second kappa shape index (κ2) is 5.26. The fourth-order valence-corrected chi connectivity index (χ4v) is 3.18. The summed E-state index contributed by atoms with van der Waals surface area (Å²) in [4.78, 5) is 11.4. The van der Waals surface area contributed by atoms with Crippen LogP contribution in [0.5, 0.6) is 0 Å². The third-order valence-corrected chi connectivity index (χ3v) is 4.09. The number of amides is 1. The number of piperidine rings is 1. The third kappa shape index (κ3) is 2.72. The fourth-order valence-electron chi connectivity index (χ4n) is 3.18. The van der Waals surface area contributed by atoms with Crippen LogP contribution in [0.1, 0.15) is 25.3 Å². The molecule has 2 aliphatic rings. The van der Waals surface area contributed by atoms with E-state index in [0.29, 0.717) is 11.8 Å². The predicted octanol–water partition coefficient (Wildman–Crippen LogP) is 2.85. The highest BCUT2D eigenvalue weighted by molar-refractivity contribution is 5.84. The number of fused-ring (bicyclic) bond motifs is 1. The fraction of sp³-hybridized carbons (Fsp3) is 0.533. The Morgan fingerprint density at radius 2 is 1.86 bits per heavy atom. The Morgan fingerprint density at radius 1 is 1.29 bits per heavy atom. The lowest BCUT2D eigenvalue weighted by molar-refractivity contribution is 0.130. The number of rotatable bonds is 3. The van der Waals surface area contributed by atoms with E-state index in [0.717, 1.165) is 25.2 Å². The number of nitrogens with one attached hydrogen (secondary N) is 2. The normalized spacial score (nSPS) is 26.6. The van der Waals surface area contributed by atoms with Gasteiger partial charge in [-0.15, -0.1) is 0 Å². The molecule has 0 bridgehead atoms. The molecule has 1 aliphatic heterocycles. The molecule has 1 aliphatic carbocycles. The third-order valence-electron chi connectivity index (χ3n) is 4.09. The standard InChI is InChI=1S/C15H18F2N2O2/c1-7(2)21-15(20)19-8-3-11(16)14(12(17)4-8)13-9-5-18-6-10(9)13/h3-4,7,9-10,13,18H,5-6H2,1-2H3,(H,19,20)/t9-,10+,13?. The molecule has 3 rings (SSSR count). The molecule has 1 aromatic rings. The second-order valence-corrected chi connectivity index (χ2v) is 5.94. The Kier molecular flexibility index (Phi) is 3.57. The van der Waals surface area contributed by atoms with Gasteiger partial charge in [0.25, 0.3) is 0 Å². The molecular weight excluding hydrogens is 278 g/mol. The molecule has 1 unspecified atom stereocenters. The lowest BCUT2D eigenvalue weighted by Crippen LogP contribution is -2.18. The van der Waals surface area contributed by atoms with Crippen LogP contribution in [0.2, 0.25) is 0 Å². The maximum Gasteiger partial charge on any atom is 0.411 e. The van der Waals surface area contributed by atoms with Gasteiger partial charge in [-0.2, -0.15) is 0 Å². The maximum absolute atomic E-state index is 14.2. The minimum absolute atomic E-state index is 0.0390.